The fraction of sp³-hybridized carbons (Fsp3) is 0.550. The molecular formula is C20H29ClN4O4. The molecule has 1 aliphatic rings. The van der Waals surface area contributed by atoms with E-state index in [4.69, 9.17) is 15.2 Å². The lowest BCUT2D eigenvalue weighted by Gasteiger charge is -2.29. The molecule has 1 atom stereocenters. The van der Waals surface area contributed by atoms with E-state index in [2.05, 4.69) is 10.3 Å². The van der Waals surface area contributed by atoms with Crippen LogP contribution in [0.15, 0.2) is 23.3 Å². The van der Waals surface area contributed by atoms with Gasteiger partial charge in [0.1, 0.15) is 0 Å². The van der Waals surface area contributed by atoms with Crippen LogP contribution in [0.1, 0.15) is 32.6 Å². The number of carbonyl (C=O) groups excluding carboxylic acids is 1. The van der Waals surface area contributed by atoms with E-state index in [-0.39, 0.29) is 29.4 Å². The van der Waals surface area contributed by atoms with Gasteiger partial charge >= 0.3 is 0 Å². The zero-order valence-corrected chi connectivity index (χ0v) is 17.9. The molecule has 0 radical (unpaired) electrons. The highest BCUT2D eigenvalue weighted by molar-refractivity contribution is 5.85. The van der Waals surface area contributed by atoms with Gasteiger partial charge in [-0.1, -0.05) is 0 Å². The van der Waals surface area contributed by atoms with Crippen molar-refractivity contribution in [2.24, 2.45) is 11.7 Å². The number of rotatable bonds is 9. The van der Waals surface area contributed by atoms with Gasteiger partial charge in [-0.3, -0.25) is 14.2 Å². The van der Waals surface area contributed by atoms with Crippen LogP contribution in [0.25, 0.3) is 10.9 Å². The van der Waals surface area contributed by atoms with Gasteiger partial charge in [0.25, 0.3) is 5.56 Å². The van der Waals surface area contributed by atoms with Crippen molar-refractivity contribution in [2.75, 3.05) is 20.8 Å². The molecule has 3 N–H and O–H groups in total. The summed E-state index contributed by atoms with van der Waals surface area (Å²) < 4.78 is 12.0. The maximum atomic E-state index is 12.8. The lowest BCUT2D eigenvalue weighted by Crippen LogP contribution is -2.53. The fourth-order valence-corrected chi connectivity index (χ4v) is 3.48. The number of fused-ring (bicyclic) bond motifs is 1. The van der Waals surface area contributed by atoms with Crippen molar-refractivity contribution in [2.45, 2.75) is 44.7 Å². The van der Waals surface area contributed by atoms with Gasteiger partial charge in [0, 0.05) is 25.6 Å². The zero-order valence-electron chi connectivity index (χ0n) is 17.1. The van der Waals surface area contributed by atoms with Crippen LogP contribution in [0.4, 0.5) is 0 Å². The molecule has 1 unspecified atom stereocenters. The summed E-state index contributed by atoms with van der Waals surface area (Å²) in [4.78, 5) is 29.4. The van der Waals surface area contributed by atoms with Gasteiger partial charge in [-0.2, -0.15) is 0 Å². The fourth-order valence-electron chi connectivity index (χ4n) is 3.48. The monoisotopic (exact) mass is 424 g/mol. The highest BCUT2D eigenvalue weighted by Crippen LogP contribution is 2.39. The minimum absolute atomic E-state index is 0. The van der Waals surface area contributed by atoms with E-state index >= 15 is 0 Å². The average molecular weight is 425 g/mol. The second-order valence-corrected chi connectivity index (χ2v) is 7.52. The van der Waals surface area contributed by atoms with Crippen molar-refractivity contribution in [3.8, 4) is 11.5 Å². The van der Waals surface area contributed by atoms with Crippen molar-refractivity contribution in [3.05, 3.63) is 28.8 Å². The summed E-state index contributed by atoms with van der Waals surface area (Å²) in [6.45, 7) is 2.84. The largest absolute Gasteiger partial charge is 0.493 e. The number of aromatic nitrogens is 2. The molecule has 1 saturated carbocycles. The molecule has 3 rings (SSSR count). The third-order valence-corrected chi connectivity index (χ3v) is 5.46. The van der Waals surface area contributed by atoms with Gasteiger partial charge < -0.3 is 20.5 Å². The predicted octanol–water partition coefficient (Wildman–Crippen LogP) is 1.86. The van der Waals surface area contributed by atoms with E-state index in [0.717, 1.165) is 12.8 Å². The van der Waals surface area contributed by atoms with Crippen LogP contribution in [0.2, 0.25) is 0 Å². The molecule has 160 valence electrons. The molecule has 8 nitrogen and oxygen atoms in total. The Morgan fingerprint density at radius 3 is 2.55 bits per heavy atom. The topological polar surface area (TPSA) is 108 Å². The first-order valence-electron chi connectivity index (χ1n) is 9.54. The van der Waals surface area contributed by atoms with Crippen LogP contribution in [-0.4, -0.2) is 41.8 Å². The number of hydrogen-bond acceptors (Lipinski definition) is 6. The number of ether oxygens (including phenoxy) is 2. The number of hydrogen-bond donors (Lipinski definition) is 2. The van der Waals surface area contributed by atoms with Crippen LogP contribution in [-0.2, 0) is 11.3 Å². The molecule has 0 bridgehead atoms. The first-order chi connectivity index (χ1) is 13.4. The Morgan fingerprint density at radius 2 is 1.97 bits per heavy atom. The summed E-state index contributed by atoms with van der Waals surface area (Å²) in [6, 6.07) is 3.31. The maximum Gasteiger partial charge on any atom is 0.261 e. The summed E-state index contributed by atoms with van der Waals surface area (Å²) in [5.41, 5.74) is 5.89. The molecule has 1 heterocycles. The zero-order chi connectivity index (χ0) is 20.3. The number of amides is 1. The Morgan fingerprint density at radius 1 is 1.31 bits per heavy atom. The minimum atomic E-state index is -0.325. The van der Waals surface area contributed by atoms with Crippen molar-refractivity contribution >= 4 is 29.2 Å². The number of nitrogens with two attached hydrogens (primary N) is 1. The summed E-state index contributed by atoms with van der Waals surface area (Å²) in [6.07, 6.45) is 4.60. The van der Waals surface area contributed by atoms with Crippen LogP contribution in [0.3, 0.4) is 0 Å². The van der Waals surface area contributed by atoms with Gasteiger partial charge in [0.2, 0.25) is 5.91 Å². The van der Waals surface area contributed by atoms with Crippen LogP contribution >= 0.6 is 12.4 Å². The molecule has 0 aliphatic heterocycles. The third-order valence-electron chi connectivity index (χ3n) is 5.46. The Labute approximate surface area is 176 Å². The van der Waals surface area contributed by atoms with E-state index < -0.39 is 0 Å². The molecule has 0 saturated heterocycles. The van der Waals surface area contributed by atoms with E-state index in [9.17, 15) is 9.59 Å². The molecule has 1 aliphatic carbocycles. The Bertz CT molecular complexity index is 929. The van der Waals surface area contributed by atoms with Gasteiger partial charge in [0.05, 0.1) is 37.0 Å². The lowest BCUT2D eigenvalue weighted by atomic mass is 9.95. The molecule has 2 aromatic rings. The maximum absolute atomic E-state index is 12.8. The van der Waals surface area contributed by atoms with Crippen molar-refractivity contribution < 1.29 is 14.3 Å². The molecule has 1 aromatic carbocycles. The molecule has 1 aromatic heterocycles. The number of nitrogens with zero attached hydrogens (tertiary/aromatic N) is 2. The highest BCUT2D eigenvalue weighted by atomic mass is 35.5. The molecule has 9 heteroatoms. The first kappa shape index (κ1) is 23.0. The smallest absolute Gasteiger partial charge is 0.261 e. The van der Waals surface area contributed by atoms with E-state index in [1.54, 1.807) is 12.1 Å². The standard InChI is InChI=1S/C20H28N4O4.ClH/c1-20(11-21,13-6-7-13)23-18(25)5-4-8-24-12-22-15-10-17(28-3)16(27-2)9-14(15)19(24)26;/h9-10,12-13H,4-8,11,21H2,1-3H3,(H,23,25);1H. The lowest BCUT2D eigenvalue weighted by molar-refractivity contribution is -0.123. The summed E-state index contributed by atoms with van der Waals surface area (Å²) in [5.74, 6) is 1.44. The molecule has 1 amide bonds. The van der Waals surface area contributed by atoms with Crippen molar-refractivity contribution in [1.29, 1.82) is 0 Å². The van der Waals surface area contributed by atoms with Crippen LogP contribution in [0, 0.1) is 5.92 Å². The minimum Gasteiger partial charge on any atom is -0.493 e. The highest BCUT2D eigenvalue weighted by Gasteiger charge is 2.41. The second-order valence-electron chi connectivity index (χ2n) is 7.52. The van der Waals surface area contributed by atoms with Gasteiger partial charge in [-0.05, 0) is 38.2 Å². The van der Waals surface area contributed by atoms with Crippen LogP contribution in [0.5, 0.6) is 11.5 Å². The number of methoxy groups -OCH3 is 2. The van der Waals surface area contributed by atoms with Crippen molar-refractivity contribution in [1.82, 2.24) is 14.9 Å². The Hall–Kier alpha value is -2.32. The van der Waals surface area contributed by atoms with E-state index in [0.29, 0.717) is 54.3 Å². The summed E-state index contributed by atoms with van der Waals surface area (Å²) >= 11 is 0. The van der Waals surface area contributed by atoms with Gasteiger partial charge in [0.15, 0.2) is 11.5 Å². The predicted molar refractivity (Wildman–Crippen MR) is 114 cm³/mol. The quantitative estimate of drug-likeness (QED) is 0.636. The number of aryl methyl sites for hydroxylation is 1. The van der Waals surface area contributed by atoms with Crippen LogP contribution < -0.4 is 26.1 Å². The number of nitrogens with one attached hydrogen (secondary N) is 1. The first-order valence-corrected chi connectivity index (χ1v) is 9.54. The molecule has 1 fully saturated rings. The number of benzene rings is 1. The summed E-state index contributed by atoms with van der Waals surface area (Å²) in [5, 5.41) is 3.52. The Kier molecular flexibility index (Phi) is 7.48. The normalized spacial score (nSPS) is 15.3. The third kappa shape index (κ3) is 5.00. The summed E-state index contributed by atoms with van der Waals surface area (Å²) in [7, 11) is 3.06. The molecular weight excluding hydrogens is 396 g/mol. The number of halogens is 1. The molecule has 29 heavy (non-hydrogen) atoms. The second kappa shape index (κ2) is 9.45. The van der Waals surface area contributed by atoms with Gasteiger partial charge in [-0.25, -0.2) is 4.98 Å². The number of carbonyl (C=O) groups is 1. The van der Waals surface area contributed by atoms with E-state index in [1.165, 1.54) is 25.1 Å². The average Bonchev–Trinajstić information content (AvgIpc) is 3.54. The van der Waals surface area contributed by atoms with E-state index in [1.807, 2.05) is 6.92 Å². The van der Waals surface area contributed by atoms with Crippen molar-refractivity contribution in [3.63, 3.8) is 0 Å². The SMILES string of the molecule is COc1cc2ncn(CCCC(=O)NC(C)(CN)C3CC3)c(=O)c2cc1OC.Cl. The van der Waals surface area contributed by atoms with Gasteiger partial charge in [-0.15, -0.1) is 12.4 Å². The molecule has 0 spiro atoms. The Balaban J connectivity index is 0.00000300.